The second-order valence-corrected chi connectivity index (χ2v) is 9.12. The molecule has 0 aromatic carbocycles. The highest BCUT2D eigenvalue weighted by atomic mass is 28.4. The number of ketones is 1. The summed E-state index contributed by atoms with van der Waals surface area (Å²) in [5, 5.41) is 0. The molecule has 0 spiro atoms. The minimum Gasteiger partial charge on any atom is -0.549 e. The molecular formula is C9H10F8O2Si. The summed E-state index contributed by atoms with van der Waals surface area (Å²) in [5.41, 5.74) is -2.68. The molecule has 0 aromatic rings. The summed E-state index contributed by atoms with van der Waals surface area (Å²) in [6.07, 6.45) is -12.5. The number of carbonyl (C=O) groups is 1. The summed E-state index contributed by atoms with van der Waals surface area (Å²) in [6, 6.07) is 0. The van der Waals surface area contributed by atoms with Gasteiger partial charge in [0.05, 0.1) is 6.26 Å². The van der Waals surface area contributed by atoms with Crippen LogP contribution in [0.15, 0.2) is 11.8 Å². The third kappa shape index (κ3) is 4.76. The second-order valence-electron chi connectivity index (χ2n) is 4.66. The van der Waals surface area contributed by atoms with E-state index in [1.54, 1.807) is 0 Å². The molecule has 0 fully saturated rings. The molecule has 0 aliphatic carbocycles. The van der Waals surface area contributed by atoms with Crippen molar-refractivity contribution in [2.24, 2.45) is 0 Å². The van der Waals surface area contributed by atoms with Crippen molar-refractivity contribution in [1.29, 1.82) is 0 Å². The molecular weight excluding hydrogens is 320 g/mol. The predicted octanol–water partition coefficient (Wildman–Crippen LogP) is 4.05. The number of carbonyl (C=O) groups excluding carboxylic acids is 1. The minimum atomic E-state index is -6.42. The van der Waals surface area contributed by atoms with Crippen molar-refractivity contribution >= 4 is 14.1 Å². The van der Waals surface area contributed by atoms with Crippen molar-refractivity contribution in [3.63, 3.8) is 0 Å². The Morgan fingerprint density at radius 3 is 1.60 bits per heavy atom. The zero-order chi connectivity index (χ0) is 16.6. The minimum absolute atomic E-state index is 0.367. The topological polar surface area (TPSA) is 26.3 Å². The monoisotopic (exact) mass is 330 g/mol. The molecule has 20 heavy (non-hydrogen) atoms. The van der Waals surface area contributed by atoms with Crippen molar-refractivity contribution in [3.8, 4) is 0 Å². The highest BCUT2D eigenvalue weighted by Crippen LogP contribution is 2.41. The van der Waals surface area contributed by atoms with Crippen LogP contribution in [-0.4, -0.2) is 32.4 Å². The van der Waals surface area contributed by atoms with Gasteiger partial charge in [0.1, 0.15) is 5.57 Å². The SMILES string of the molecule is C[Si](C)(C)O/C=C(/C(=O)C(F)(F)C(F)(F)F)C(F)(F)F. The number of allylic oxidation sites excluding steroid dienone is 1. The van der Waals surface area contributed by atoms with Gasteiger partial charge in [-0.05, 0) is 19.6 Å². The van der Waals surface area contributed by atoms with Gasteiger partial charge in [0, 0.05) is 0 Å². The normalized spacial score (nSPS) is 15.2. The van der Waals surface area contributed by atoms with Crippen molar-refractivity contribution in [3.05, 3.63) is 11.8 Å². The Hall–Kier alpha value is -1.13. The van der Waals surface area contributed by atoms with E-state index in [2.05, 4.69) is 4.43 Å². The van der Waals surface area contributed by atoms with Crippen molar-refractivity contribution in [1.82, 2.24) is 0 Å². The smallest absolute Gasteiger partial charge is 0.461 e. The van der Waals surface area contributed by atoms with E-state index in [1.807, 2.05) is 0 Å². The first-order chi connectivity index (χ1) is 8.50. The molecule has 118 valence electrons. The van der Waals surface area contributed by atoms with Crippen LogP contribution in [-0.2, 0) is 9.22 Å². The molecule has 0 rings (SSSR count). The first kappa shape index (κ1) is 18.9. The fraction of sp³-hybridized carbons (Fsp3) is 0.667. The molecule has 2 nitrogen and oxygen atoms in total. The van der Waals surface area contributed by atoms with E-state index in [4.69, 9.17) is 0 Å². The molecule has 0 saturated heterocycles. The standard InChI is InChI=1S/C9H10F8O2Si/c1-20(2,3)19-4-5(8(12,13)14)6(18)7(10,11)9(15,16)17/h4H,1-3H3/b5-4-. The molecule has 0 heterocycles. The number of Topliss-reactive ketones (excluding diaryl/α,β-unsaturated/α-hetero) is 1. The largest absolute Gasteiger partial charge is 0.549 e. The van der Waals surface area contributed by atoms with Crippen LogP contribution in [0.1, 0.15) is 0 Å². The Balaban J connectivity index is 5.66. The van der Waals surface area contributed by atoms with Gasteiger partial charge in [-0.25, -0.2) is 0 Å². The molecule has 0 unspecified atom stereocenters. The van der Waals surface area contributed by atoms with Gasteiger partial charge in [0.15, 0.2) is 0 Å². The van der Waals surface area contributed by atoms with Crippen LogP contribution in [0.4, 0.5) is 35.1 Å². The van der Waals surface area contributed by atoms with Crippen molar-refractivity contribution in [2.45, 2.75) is 37.9 Å². The van der Waals surface area contributed by atoms with Gasteiger partial charge in [-0.3, -0.25) is 4.79 Å². The molecule has 0 aliphatic heterocycles. The lowest BCUT2D eigenvalue weighted by molar-refractivity contribution is -0.268. The van der Waals surface area contributed by atoms with E-state index in [1.165, 1.54) is 19.6 Å². The zero-order valence-electron chi connectivity index (χ0n) is 10.4. The lowest BCUT2D eigenvalue weighted by Crippen LogP contribution is -2.47. The number of alkyl halides is 8. The maximum atomic E-state index is 12.7. The molecule has 0 radical (unpaired) electrons. The van der Waals surface area contributed by atoms with E-state index in [0.29, 0.717) is 0 Å². The van der Waals surface area contributed by atoms with Gasteiger partial charge in [-0.2, -0.15) is 35.1 Å². The fourth-order valence-corrected chi connectivity index (χ4v) is 1.25. The Morgan fingerprint density at radius 2 is 1.35 bits per heavy atom. The van der Waals surface area contributed by atoms with E-state index in [-0.39, 0.29) is 6.26 Å². The average molecular weight is 330 g/mol. The van der Waals surface area contributed by atoms with Gasteiger partial charge in [0.25, 0.3) is 0 Å². The third-order valence-corrected chi connectivity index (χ3v) is 2.55. The maximum Gasteiger partial charge on any atom is 0.461 e. The Labute approximate surface area is 109 Å². The highest BCUT2D eigenvalue weighted by molar-refractivity contribution is 6.69. The summed E-state index contributed by atoms with van der Waals surface area (Å²) in [4.78, 5) is 10.9. The molecule has 0 bridgehead atoms. The van der Waals surface area contributed by atoms with Gasteiger partial charge >= 0.3 is 18.3 Å². The third-order valence-electron chi connectivity index (χ3n) is 1.72. The second kappa shape index (κ2) is 5.33. The number of rotatable bonds is 4. The molecule has 0 aromatic heterocycles. The van der Waals surface area contributed by atoms with E-state index < -0.39 is 37.9 Å². The molecule has 0 aliphatic rings. The van der Waals surface area contributed by atoms with Crippen LogP contribution < -0.4 is 0 Å². The summed E-state index contributed by atoms with van der Waals surface area (Å²) in [7, 11) is -2.70. The van der Waals surface area contributed by atoms with Crippen LogP contribution in [0.3, 0.4) is 0 Å². The Bertz CT molecular complexity index is 402. The van der Waals surface area contributed by atoms with Gasteiger partial charge in [0.2, 0.25) is 14.1 Å². The van der Waals surface area contributed by atoms with Crippen LogP contribution in [0.5, 0.6) is 0 Å². The number of hydrogen-bond donors (Lipinski definition) is 0. The summed E-state index contributed by atoms with van der Waals surface area (Å²) >= 11 is 0. The lowest BCUT2D eigenvalue weighted by Gasteiger charge is -2.22. The summed E-state index contributed by atoms with van der Waals surface area (Å²) in [6.45, 7) is 4.05. The number of hydrogen-bond acceptors (Lipinski definition) is 2. The van der Waals surface area contributed by atoms with Crippen LogP contribution in [0.2, 0.25) is 19.6 Å². The Morgan fingerprint density at radius 1 is 0.950 bits per heavy atom. The molecule has 0 amide bonds. The number of halogens is 8. The molecule has 0 N–H and O–H groups in total. The highest BCUT2D eigenvalue weighted by Gasteiger charge is 2.66. The van der Waals surface area contributed by atoms with Crippen LogP contribution >= 0.6 is 0 Å². The van der Waals surface area contributed by atoms with Gasteiger partial charge in [-0.15, -0.1) is 0 Å². The molecule has 11 heteroatoms. The first-order valence-corrected chi connectivity index (χ1v) is 8.35. The molecule has 0 saturated carbocycles. The van der Waals surface area contributed by atoms with E-state index in [9.17, 15) is 39.9 Å². The zero-order valence-corrected chi connectivity index (χ0v) is 11.4. The van der Waals surface area contributed by atoms with Gasteiger partial charge in [-0.1, -0.05) is 0 Å². The maximum absolute atomic E-state index is 12.7. The van der Waals surface area contributed by atoms with Crippen molar-refractivity contribution < 1.29 is 44.3 Å². The quantitative estimate of drug-likeness (QED) is 0.336. The average Bonchev–Trinajstić information content (AvgIpc) is 2.11. The fourth-order valence-electron chi connectivity index (χ4n) is 0.783. The van der Waals surface area contributed by atoms with Crippen molar-refractivity contribution in [2.75, 3.05) is 0 Å². The first-order valence-electron chi connectivity index (χ1n) is 4.94. The van der Waals surface area contributed by atoms with Gasteiger partial charge < -0.3 is 4.43 Å². The lowest BCUT2D eigenvalue weighted by atomic mass is 10.1. The summed E-state index contributed by atoms with van der Waals surface area (Å²) < 4.78 is 103. The molecule has 0 atom stereocenters. The van der Waals surface area contributed by atoms with Crippen LogP contribution in [0, 0.1) is 0 Å². The van der Waals surface area contributed by atoms with E-state index >= 15 is 0 Å². The van der Waals surface area contributed by atoms with Crippen LogP contribution in [0.25, 0.3) is 0 Å². The van der Waals surface area contributed by atoms with E-state index in [0.717, 1.165) is 0 Å². The summed E-state index contributed by atoms with van der Waals surface area (Å²) in [5.74, 6) is -9.53. The predicted molar refractivity (Wildman–Crippen MR) is 54.6 cm³/mol. The Kier molecular flexibility index (Phi) is 5.03.